The van der Waals surface area contributed by atoms with Crippen LogP contribution in [0.4, 0.5) is 4.79 Å². The summed E-state index contributed by atoms with van der Waals surface area (Å²) < 4.78 is 5.86. The van der Waals surface area contributed by atoms with Crippen molar-refractivity contribution < 1.29 is 19.4 Å². The molecule has 1 aliphatic carbocycles. The SMILES string of the molecule is CC(C)(C)N(C[C@H]1CC[C@H](CNC(=O)c2cc(Oc3cccnc3)nc3ccccc23)CC1)C(=O)O. The minimum atomic E-state index is -0.867. The molecule has 1 aromatic carbocycles. The van der Waals surface area contributed by atoms with E-state index in [0.29, 0.717) is 47.6 Å². The molecular formula is C28H34N4O4. The van der Waals surface area contributed by atoms with Gasteiger partial charge in [-0.1, -0.05) is 18.2 Å². The number of hydrogen-bond acceptors (Lipinski definition) is 5. The van der Waals surface area contributed by atoms with E-state index in [1.807, 2.05) is 45.0 Å². The standard InChI is InChI=1S/C28H34N4O4/c1-28(2,3)32(27(34)35)18-20-12-10-19(11-13-20)16-30-26(33)23-15-25(36-21-7-6-14-29-17-21)31-24-9-5-4-8-22(23)24/h4-9,14-15,17,19-20H,10-13,16,18H2,1-3H3,(H,30,33)(H,34,35)/t19-,20-. The Kier molecular flexibility index (Phi) is 7.72. The molecule has 0 atom stereocenters. The summed E-state index contributed by atoms with van der Waals surface area (Å²) in [6.45, 7) is 6.93. The first-order valence-electron chi connectivity index (χ1n) is 12.5. The first kappa shape index (κ1) is 25.4. The Morgan fingerprint density at radius 1 is 1.08 bits per heavy atom. The third-order valence-electron chi connectivity index (χ3n) is 6.79. The molecule has 190 valence electrons. The zero-order valence-corrected chi connectivity index (χ0v) is 21.1. The lowest BCUT2D eigenvalue weighted by molar-refractivity contribution is 0.0786. The van der Waals surface area contributed by atoms with Crippen molar-refractivity contribution in [2.45, 2.75) is 52.0 Å². The average molecular weight is 491 g/mol. The van der Waals surface area contributed by atoms with E-state index in [9.17, 15) is 14.7 Å². The number of hydrogen-bond donors (Lipinski definition) is 2. The van der Waals surface area contributed by atoms with Crippen molar-refractivity contribution >= 4 is 22.9 Å². The van der Waals surface area contributed by atoms with Gasteiger partial charge in [0.1, 0.15) is 5.75 Å². The largest absolute Gasteiger partial charge is 0.465 e. The van der Waals surface area contributed by atoms with Gasteiger partial charge in [-0.2, -0.15) is 0 Å². The summed E-state index contributed by atoms with van der Waals surface area (Å²) >= 11 is 0. The van der Waals surface area contributed by atoms with Gasteiger partial charge in [0.05, 0.1) is 17.3 Å². The van der Waals surface area contributed by atoms with Crippen LogP contribution >= 0.6 is 0 Å². The van der Waals surface area contributed by atoms with Crippen LogP contribution in [0.25, 0.3) is 10.9 Å². The molecule has 8 heteroatoms. The molecule has 8 nitrogen and oxygen atoms in total. The van der Waals surface area contributed by atoms with Gasteiger partial charge in [0.15, 0.2) is 0 Å². The highest BCUT2D eigenvalue weighted by molar-refractivity contribution is 6.06. The Labute approximate surface area is 211 Å². The summed E-state index contributed by atoms with van der Waals surface area (Å²) in [6, 6.07) is 12.8. The van der Waals surface area contributed by atoms with Gasteiger partial charge in [-0.25, -0.2) is 9.78 Å². The smallest absolute Gasteiger partial charge is 0.407 e. The molecule has 1 aliphatic rings. The third-order valence-corrected chi connectivity index (χ3v) is 6.79. The van der Waals surface area contributed by atoms with E-state index in [1.165, 1.54) is 0 Å². The Morgan fingerprint density at radius 3 is 2.47 bits per heavy atom. The van der Waals surface area contributed by atoms with Crippen LogP contribution in [-0.4, -0.2) is 50.6 Å². The number of nitrogens with one attached hydrogen (secondary N) is 1. The van der Waals surface area contributed by atoms with Crippen molar-refractivity contribution in [1.82, 2.24) is 20.2 Å². The molecule has 0 radical (unpaired) electrons. The average Bonchev–Trinajstić information content (AvgIpc) is 2.85. The zero-order valence-electron chi connectivity index (χ0n) is 21.1. The number of amides is 2. The maximum absolute atomic E-state index is 13.2. The molecule has 1 saturated carbocycles. The lowest BCUT2D eigenvalue weighted by Crippen LogP contribution is -2.47. The normalized spacial score (nSPS) is 18.0. The summed E-state index contributed by atoms with van der Waals surface area (Å²) in [7, 11) is 0. The number of ether oxygens (including phenoxy) is 1. The first-order chi connectivity index (χ1) is 17.2. The van der Waals surface area contributed by atoms with Gasteiger partial charge >= 0.3 is 6.09 Å². The highest BCUT2D eigenvalue weighted by Crippen LogP contribution is 2.31. The van der Waals surface area contributed by atoms with Crippen LogP contribution in [0.5, 0.6) is 11.6 Å². The van der Waals surface area contributed by atoms with Gasteiger partial charge in [-0.05, 0) is 76.5 Å². The van der Waals surface area contributed by atoms with Crippen LogP contribution in [0.2, 0.25) is 0 Å². The Bertz CT molecular complexity index is 1200. The number of carbonyl (C=O) groups is 2. The van der Waals surface area contributed by atoms with Gasteiger partial charge in [0, 0.05) is 36.3 Å². The van der Waals surface area contributed by atoms with Crippen LogP contribution in [0.15, 0.2) is 54.9 Å². The maximum atomic E-state index is 13.2. The minimum absolute atomic E-state index is 0.156. The van der Waals surface area contributed by atoms with Crippen molar-refractivity contribution in [1.29, 1.82) is 0 Å². The number of fused-ring (bicyclic) bond motifs is 1. The van der Waals surface area contributed by atoms with E-state index >= 15 is 0 Å². The molecular weight excluding hydrogens is 456 g/mol. The predicted octanol–water partition coefficient (Wildman–Crippen LogP) is 5.74. The van der Waals surface area contributed by atoms with Gasteiger partial charge in [-0.15, -0.1) is 0 Å². The second kappa shape index (κ2) is 10.9. The molecule has 4 rings (SSSR count). The Morgan fingerprint density at radius 2 is 1.81 bits per heavy atom. The molecule has 2 amide bonds. The fourth-order valence-electron chi connectivity index (χ4n) is 4.77. The fraction of sp³-hybridized carbons (Fsp3) is 0.429. The van der Waals surface area contributed by atoms with E-state index in [1.54, 1.807) is 35.5 Å². The first-order valence-corrected chi connectivity index (χ1v) is 12.5. The van der Waals surface area contributed by atoms with Gasteiger partial charge in [0.2, 0.25) is 5.88 Å². The molecule has 2 aromatic heterocycles. The molecule has 2 N–H and O–H groups in total. The van der Waals surface area contributed by atoms with Gasteiger partial charge < -0.3 is 20.1 Å². The number of nitrogens with zero attached hydrogens (tertiary/aromatic N) is 3. The van der Waals surface area contributed by atoms with E-state index in [-0.39, 0.29) is 5.91 Å². The predicted molar refractivity (Wildman–Crippen MR) is 138 cm³/mol. The highest BCUT2D eigenvalue weighted by atomic mass is 16.5. The number of carboxylic acid groups (broad SMARTS) is 1. The van der Waals surface area contributed by atoms with Crippen LogP contribution in [0.3, 0.4) is 0 Å². The molecule has 0 aliphatic heterocycles. The van der Waals surface area contributed by atoms with Crippen molar-refractivity contribution in [3.8, 4) is 11.6 Å². The summed E-state index contributed by atoms with van der Waals surface area (Å²) in [5.74, 6) is 1.46. The van der Waals surface area contributed by atoms with Crippen LogP contribution in [0.1, 0.15) is 56.8 Å². The van der Waals surface area contributed by atoms with E-state index in [2.05, 4.69) is 15.3 Å². The molecule has 0 bridgehead atoms. The highest BCUT2D eigenvalue weighted by Gasteiger charge is 2.31. The molecule has 36 heavy (non-hydrogen) atoms. The minimum Gasteiger partial charge on any atom is -0.465 e. The molecule has 1 fully saturated rings. The van der Waals surface area contributed by atoms with Gasteiger partial charge in [-0.3, -0.25) is 9.78 Å². The van der Waals surface area contributed by atoms with E-state index in [4.69, 9.17) is 4.74 Å². The van der Waals surface area contributed by atoms with Crippen LogP contribution in [0, 0.1) is 11.8 Å². The number of benzene rings is 1. The molecule has 2 heterocycles. The number of pyridine rings is 2. The number of aromatic nitrogens is 2. The molecule has 3 aromatic rings. The Balaban J connectivity index is 1.38. The lowest BCUT2D eigenvalue weighted by Gasteiger charge is -2.38. The summed E-state index contributed by atoms with van der Waals surface area (Å²) in [5, 5.41) is 13.5. The van der Waals surface area contributed by atoms with Crippen LogP contribution in [-0.2, 0) is 0 Å². The van der Waals surface area contributed by atoms with Crippen molar-refractivity contribution in [2.24, 2.45) is 11.8 Å². The molecule has 0 unspecified atom stereocenters. The van der Waals surface area contributed by atoms with Crippen molar-refractivity contribution in [3.63, 3.8) is 0 Å². The van der Waals surface area contributed by atoms with Crippen molar-refractivity contribution in [3.05, 3.63) is 60.4 Å². The topological polar surface area (TPSA) is 105 Å². The second-order valence-corrected chi connectivity index (χ2v) is 10.5. The fourth-order valence-corrected chi connectivity index (χ4v) is 4.77. The number of para-hydroxylation sites is 1. The quantitative estimate of drug-likeness (QED) is 0.438. The lowest BCUT2D eigenvalue weighted by atomic mass is 9.81. The number of carbonyl (C=O) groups excluding carboxylic acids is 1. The van der Waals surface area contributed by atoms with E-state index < -0.39 is 11.6 Å². The zero-order chi connectivity index (χ0) is 25.7. The third kappa shape index (κ3) is 6.30. The van der Waals surface area contributed by atoms with E-state index in [0.717, 1.165) is 31.1 Å². The molecule has 0 spiro atoms. The van der Waals surface area contributed by atoms with Crippen LogP contribution < -0.4 is 10.1 Å². The second-order valence-electron chi connectivity index (χ2n) is 10.5. The summed E-state index contributed by atoms with van der Waals surface area (Å²) in [4.78, 5) is 35.1. The monoisotopic (exact) mass is 490 g/mol. The van der Waals surface area contributed by atoms with Crippen molar-refractivity contribution in [2.75, 3.05) is 13.1 Å². The molecule has 0 saturated heterocycles. The Hall–Kier alpha value is -3.68. The number of rotatable bonds is 7. The van der Waals surface area contributed by atoms with Gasteiger partial charge in [0.25, 0.3) is 5.91 Å². The summed E-state index contributed by atoms with van der Waals surface area (Å²) in [6.07, 6.45) is 6.26. The summed E-state index contributed by atoms with van der Waals surface area (Å²) in [5.41, 5.74) is 0.797. The maximum Gasteiger partial charge on any atom is 0.407 e.